The second kappa shape index (κ2) is 5.92. The number of nitrogens with one attached hydrogen (secondary N) is 1. The molecule has 0 amide bonds. The lowest BCUT2D eigenvalue weighted by molar-refractivity contribution is 0.483. The summed E-state index contributed by atoms with van der Waals surface area (Å²) >= 11 is 4.85. The average molecular weight is 398 g/mol. The summed E-state index contributed by atoms with van der Waals surface area (Å²) in [4.78, 5) is 16.0. The number of pyridine rings is 1. The number of benzene rings is 2. The van der Waals surface area contributed by atoms with Crippen molar-refractivity contribution in [3.63, 3.8) is 0 Å². The molecule has 0 atom stereocenters. The Morgan fingerprint density at radius 3 is 2.38 bits per heavy atom. The molecule has 5 heteroatoms. The maximum Gasteiger partial charge on any atom is 0.260 e. The van der Waals surface area contributed by atoms with Crippen LogP contribution in [0.2, 0.25) is 0 Å². The fraction of sp³-hybridized carbons (Fsp3) is 0. The molecule has 0 aliphatic heterocycles. The van der Waals surface area contributed by atoms with Crippen LogP contribution in [-0.4, -0.2) is 10.1 Å². The first kappa shape index (κ1) is 15.2. The minimum atomic E-state index is -0.282. The van der Waals surface area contributed by atoms with Gasteiger partial charge < -0.3 is 10.1 Å². The molecule has 0 saturated heterocycles. The van der Waals surface area contributed by atoms with Crippen LogP contribution in [0, 0.1) is 0 Å². The highest BCUT2D eigenvalue weighted by molar-refractivity contribution is 9.10. The van der Waals surface area contributed by atoms with Crippen molar-refractivity contribution in [3.05, 3.63) is 74.8 Å². The summed E-state index contributed by atoms with van der Waals surface area (Å²) in [5, 5.41) is 13.5. The van der Waals surface area contributed by atoms with Crippen molar-refractivity contribution in [1.29, 1.82) is 0 Å². The Hall–Kier alpha value is -2.37. The molecule has 0 spiro atoms. The van der Waals surface area contributed by atoms with Crippen molar-refractivity contribution in [2.75, 3.05) is 0 Å². The van der Waals surface area contributed by atoms with E-state index in [9.17, 15) is 9.90 Å². The zero-order valence-corrected chi connectivity index (χ0v) is 14.8. The van der Waals surface area contributed by atoms with Crippen molar-refractivity contribution in [2.24, 2.45) is 0 Å². The molecule has 0 bridgehead atoms. The quantitative estimate of drug-likeness (QED) is 0.476. The molecule has 2 heterocycles. The summed E-state index contributed by atoms with van der Waals surface area (Å²) < 4.78 is 0.994. The lowest BCUT2D eigenvalue weighted by atomic mass is 10.0. The molecule has 0 unspecified atom stereocenters. The zero-order valence-electron chi connectivity index (χ0n) is 12.4. The minimum absolute atomic E-state index is 0.0270. The first-order chi connectivity index (χ1) is 11.6. The van der Waals surface area contributed by atoms with Crippen molar-refractivity contribution >= 4 is 37.5 Å². The van der Waals surface area contributed by atoms with Gasteiger partial charge in [-0.15, -0.1) is 11.3 Å². The molecule has 118 valence electrons. The third kappa shape index (κ3) is 2.46. The highest BCUT2D eigenvalue weighted by atomic mass is 79.9. The van der Waals surface area contributed by atoms with Crippen molar-refractivity contribution in [2.45, 2.75) is 0 Å². The molecule has 0 fully saturated rings. The summed E-state index contributed by atoms with van der Waals surface area (Å²) in [6.07, 6.45) is 0. The molecular weight excluding hydrogens is 386 g/mol. The summed E-state index contributed by atoms with van der Waals surface area (Å²) in [6.45, 7) is 0. The smallest absolute Gasteiger partial charge is 0.260 e. The van der Waals surface area contributed by atoms with Crippen LogP contribution >= 0.6 is 27.3 Å². The number of H-pyrrole nitrogens is 1. The van der Waals surface area contributed by atoms with Gasteiger partial charge in [-0.1, -0.05) is 58.4 Å². The van der Waals surface area contributed by atoms with Crippen molar-refractivity contribution in [3.8, 4) is 28.0 Å². The second-order valence-electron chi connectivity index (χ2n) is 5.40. The summed E-state index contributed by atoms with van der Waals surface area (Å²) in [6, 6.07) is 17.1. The number of hydrogen-bond acceptors (Lipinski definition) is 3. The van der Waals surface area contributed by atoms with Gasteiger partial charge in [0, 0.05) is 15.4 Å². The van der Waals surface area contributed by atoms with Gasteiger partial charge in [0.25, 0.3) is 5.56 Å². The number of rotatable bonds is 2. The average Bonchev–Trinajstić information content (AvgIpc) is 3.00. The van der Waals surface area contributed by atoms with E-state index in [0.29, 0.717) is 21.3 Å². The number of aromatic hydroxyl groups is 1. The van der Waals surface area contributed by atoms with Gasteiger partial charge in [-0.05, 0) is 23.3 Å². The van der Waals surface area contributed by atoms with Gasteiger partial charge in [-0.3, -0.25) is 4.79 Å². The highest BCUT2D eigenvalue weighted by Crippen LogP contribution is 2.41. The van der Waals surface area contributed by atoms with E-state index in [-0.39, 0.29) is 11.3 Å². The number of thiophene rings is 1. The first-order valence-corrected chi connectivity index (χ1v) is 9.00. The molecule has 2 N–H and O–H groups in total. The van der Waals surface area contributed by atoms with Crippen LogP contribution in [0.3, 0.4) is 0 Å². The Balaban J connectivity index is 2.02. The minimum Gasteiger partial charge on any atom is -0.506 e. The van der Waals surface area contributed by atoms with E-state index in [2.05, 4.69) is 20.9 Å². The van der Waals surface area contributed by atoms with Crippen LogP contribution in [0.25, 0.3) is 32.5 Å². The summed E-state index contributed by atoms with van der Waals surface area (Å²) in [5.41, 5.74) is 2.63. The maximum atomic E-state index is 12.4. The topological polar surface area (TPSA) is 53.1 Å². The molecule has 0 saturated carbocycles. The van der Waals surface area contributed by atoms with E-state index in [1.165, 1.54) is 11.3 Å². The summed E-state index contributed by atoms with van der Waals surface area (Å²) in [5.74, 6) is 0.0270. The number of halogens is 1. The Kier molecular flexibility index (Phi) is 3.75. The van der Waals surface area contributed by atoms with Crippen LogP contribution in [0.5, 0.6) is 5.75 Å². The lowest BCUT2D eigenvalue weighted by Gasteiger charge is -2.07. The van der Waals surface area contributed by atoms with Gasteiger partial charge in [0.15, 0.2) is 0 Å². The third-order valence-corrected chi connectivity index (χ3v) is 5.36. The molecule has 2 aromatic carbocycles. The van der Waals surface area contributed by atoms with Gasteiger partial charge >= 0.3 is 0 Å². The molecule has 2 aromatic heterocycles. The van der Waals surface area contributed by atoms with Gasteiger partial charge in [0.05, 0.1) is 10.9 Å². The van der Waals surface area contributed by atoms with Crippen LogP contribution < -0.4 is 5.56 Å². The molecule has 0 radical (unpaired) electrons. The molecule has 24 heavy (non-hydrogen) atoms. The van der Waals surface area contributed by atoms with Crippen LogP contribution in [0.4, 0.5) is 0 Å². The predicted octanol–water partition coefficient (Wildman–Crippen LogP) is 5.39. The standard InChI is InChI=1S/C19H12BrNO2S/c20-13-8-6-11(7-9-13)14-10-24-19-16(14)17(22)15(18(23)21-19)12-4-2-1-3-5-12/h1-10H,(H2,21,22,23). The maximum absolute atomic E-state index is 12.4. The zero-order chi connectivity index (χ0) is 16.7. The monoisotopic (exact) mass is 397 g/mol. The molecular formula is C19H12BrNO2S. The number of hydrogen-bond donors (Lipinski definition) is 2. The largest absolute Gasteiger partial charge is 0.506 e. The van der Waals surface area contributed by atoms with E-state index < -0.39 is 0 Å². The van der Waals surface area contributed by atoms with Gasteiger partial charge in [0.2, 0.25) is 0 Å². The predicted molar refractivity (Wildman–Crippen MR) is 103 cm³/mol. The Morgan fingerprint density at radius 1 is 0.958 bits per heavy atom. The van der Waals surface area contributed by atoms with Gasteiger partial charge in [-0.2, -0.15) is 0 Å². The lowest BCUT2D eigenvalue weighted by Crippen LogP contribution is -2.08. The van der Waals surface area contributed by atoms with Gasteiger partial charge in [0.1, 0.15) is 10.6 Å². The van der Waals surface area contributed by atoms with Gasteiger partial charge in [-0.25, -0.2) is 0 Å². The fourth-order valence-corrected chi connectivity index (χ4v) is 4.03. The Morgan fingerprint density at radius 2 is 1.67 bits per heavy atom. The fourth-order valence-electron chi connectivity index (χ4n) is 2.80. The van der Waals surface area contributed by atoms with Crippen molar-refractivity contribution < 1.29 is 5.11 Å². The molecule has 3 nitrogen and oxygen atoms in total. The van der Waals surface area contributed by atoms with Crippen molar-refractivity contribution in [1.82, 2.24) is 4.98 Å². The van der Waals surface area contributed by atoms with E-state index in [1.807, 2.05) is 60.0 Å². The molecule has 0 aliphatic rings. The Labute approximate surface area is 150 Å². The number of fused-ring (bicyclic) bond motifs is 1. The Bertz CT molecular complexity index is 1080. The van der Waals surface area contributed by atoms with E-state index in [1.54, 1.807) is 0 Å². The molecule has 4 rings (SSSR count). The summed E-state index contributed by atoms with van der Waals surface area (Å²) in [7, 11) is 0. The SMILES string of the molecule is O=c1[nH]c2scc(-c3ccc(Br)cc3)c2c(O)c1-c1ccccc1. The van der Waals surface area contributed by atoms with Crippen LogP contribution in [-0.2, 0) is 0 Å². The molecule has 0 aliphatic carbocycles. The van der Waals surface area contributed by atoms with E-state index >= 15 is 0 Å². The molecule has 4 aromatic rings. The third-order valence-electron chi connectivity index (χ3n) is 3.94. The highest BCUT2D eigenvalue weighted by Gasteiger charge is 2.18. The van der Waals surface area contributed by atoms with E-state index in [0.717, 1.165) is 15.6 Å². The second-order valence-corrected chi connectivity index (χ2v) is 7.20. The normalized spacial score (nSPS) is 11.0. The van der Waals surface area contributed by atoms with E-state index in [4.69, 9.17) is 0 Å². The number of aromatic amines is 1. The van der Waals surface area contributed by atoms with Crippen LogP contribution in [0.1, 0.15) is 0 Å². The number of aromatic nitrogens is 1. The van der Waals surface area contributed by atoms with Crippen LogP contribution in [0.15, 0.2) is 69.2 Å². The first-order valence-electron chi connectivity index (χ1n) is 7.33.